The molecule has 0 aliphatic heterocycles. The van der Waals surface area contributed by atoms with E-state index in [1.54, 1.807) is 69.3 Å². The number of carbonyl (C=O) groups is 5. The molecular formula is C33H42O9. The van der Waals surface area contributed by atoms with E-state index >= 15 is 0 Å². The molecule has 0 spiro atoms. The summed E-state index contributed by atoms with van der Waals surface area (Å²) < 4.78 is 23.8. The number of fused-ring (bicyclic) bond motifs is 1. The normalized spacial score (nSPS) is 31.0. The van der Waals surface area contributed by atoms with E-state index in [0.29, 0.717) is 11.1 Å². The van der Waals surface area contributed by atoms with E-state index in [4.69, 9.17) is 18.9 Å². The lowest BCUT2D eigenvalue weighted by Crippen LogP contribution is -2.55. The maximum atomic E-state index is 13.4. The van der Waals surface area contributed by atoms with Crippen molar-refractivity contribution >= 4 is 29.7 Å². The van der Waals surface area contributed by atoms with Crippen molar-refractivity contribution in [3.63, 3.8) is 0 Å². The van der Waals surface area contributed by atoms with Gasteiger partial charge in [-0.2, -0.15) is 0 Å². The van der Waals surface area contributed by atoms with Crippen molar-refractivity contribution in [2.24, 2.45) is 23.2 Å². The van der Waals surface area contributed by atoms with E-state index < -0.39 is 65.0 Å². The number of Topliss-reactive ketones (excluding diaryl/α,β-unsaturated/α-hetero) is 1. The summed E-state index contributed by atoms with van der Waals surface area (Å²) >= 11 is 0. The van der Waals surface area contributed by atoms with E-state index in [1.807, 2.05) is 13.8 Å². The van der Waals surface area contributed by atoms with Crippen LogP contribution in [0.25, 0.3) is 0 Å². The highest BCUT2D eigenvalue weighted by Crippen LogP contribution is 2.51. The van der Waals surface area contributed by atoms with Crippen molar-refractivity contribution in [3.8, 4) is 0 Å². The van der Waals surface area contributed by atoms with Crippen LogP contribution in [0.3, 0.4) is 0 Å². The third-order valence-electron chi connectivity index (χ3n) is 8.12. The van der Waals surface area contributed by atoms with Gasteiger partial charge in [0.15, 0.2) is 5.60 Å². The molecule has 7 atom stereocenters. The molecule has 9 heteroatoms. The molecular weight excluding hydrogens is 540 g/mol. The van der Waals surface area contributed by atoms with Gasteiger partial charge in [0, 0.05) is 38.5 Å². The van der Waals surface area contributed by atoms with Crippen LogP contribution in [0.15, 0.2) is 54.1 Å². The molecule has 2 aliphatic rings. The van der Waals surface area contributed by atoms with Gasteiger partial charge in [-0.3, -0.25) is 19.2 Å². The first-order valence-electron chi connectivity index (χ1n) is 14.3. The van der Waals surface area contributed by atoms with Crippen LogP contribution >= 0.6 is 0 Å². The predicted molar refractivity (Wildman–Crippen MR) is 154 cm³/mol. The number of esters is 4. The first-order chi connectivity index (χ1) is 19.6. The molecule has 0 aromatic heterocycles. The van der Waals surface area contributed by atoms with Gasteiger partial charge < -0.3 is 18.9 Å². The molecule has 1 aromatic rings. The molecule has 0 heterocycles. The lowest BCUT2D eigenvalue weighted by atomic mass is 9.75. The number of rotatable bonds is 5. The third-order valence-corrected chi connectivity index (χ3v) is 8.12. The predicted octanol–water partition coefficient (Wildman–Crippen LogP) is 5.17. The summed E-state index contributed by atoms with van der Waals surface area (Å²) in [6.07, 6.45) is 2.67. The van der Waals surface area contributed by atoms with Crippen LogP contribution in [-0.2, 0) is 38.1 Å². The van der Waals surface area contributed by atoms with Gasteiger partial charge in [-0.05, 0) is 50.8 Å². The Morgan fingerprint density at radius 1 is 0.881 bits per heavy atom. The second-order valence-electron chi connectivity index (χ2n) is 12.1. The Morgan fingerprint density at radius 2 is 1.50 bits per heavy atom. The number of benzene rings is 1. The minimum atomic E-state index is -1.45. The highest BCUT2D eigenvalue weighted by Gasteiger charge is 2.62. The average Bonchev–Trinajstić information content (AvgIpc) is 3.14. The number of hydrogen-bond donors (Lipinski definition) is 0. The SMILES string of the molecule is CC(=O)O[C@@H]1[C@@H](C)C=CC(C)(C)C(=O)C[C@@H](OC(C)=O)C(C)=C[C@H]2[C@@H](OC(=O)c3ccccc3)[C@@H](C)C[C@@]12OC(C)=O. The minimum Gasteiger partial charge on any atom is -0.458 e. The summed E-state index contributed by atoms with van der Waals surface area (Å²) in [5, 5.41) is 0. The molecule has 42 heavy (non-hydrogen) atoms. The molecule has 0 radical (unpaired) electrons. The molecule has 9 nitrogen and oxygen atoms in total. The largest absolute Gasteiger partial charge is 0.458 e. The number of carbonyl (C=O) groups excluding carboxylic acids is 5. The van der Waals surface area contributed by atoms with Crippen molar-refractivity contribution in [2.75, 3.05) is 0 Å². The Balaban J connectivity index is 2.29. The lowest BCUT2D eigenvalue weighted by molar-refractivity contribution is -0.195. The van der Waals surface area contributed by atoms with Crippen molar-refractivity contribution < 1.29 is 42.9 Å². The fraction of sp³-hybridized carbons (Fsp3) is 0.545. The van der Waals surface area contributed by atoms with Crippen LogP contribution in [-0.4, -0.2) is 53.6 Å². The van der Waals surface area contributed by atoms with E-state index in [-0.39, 0.29) is 24.5 Å². The van der Waals surface area contributed by atoms with Gasteiger partial charge in [-0.25, -0.2) is 4.79 Å². The van der Waals surface area contributed by atoms with Crippen LogP contribution in [0.4, 0.5) is 0 Å². The molecule has 0 N–H and O–H groups in total. The monoisotopic (exact) mass is 582 g/mol. The van der Waals surface area contributed by atoms with Gasteiger partial charge in [-0.1, -0.05) is 50.3 Å². The molecule has 0 unspecified atom stereocenters. The Labute approximate surface area is 247 Å². The minimum absolute atomic E-state index is 0.0850. The Bertz CT molecular complexity index is 1260. The highest BCUT2D eigenvalue weighted by molar-refractivity contribution is 5.89. The molecule has 1 aromatic carbocycles. The van der Waals surface area contributed by atoms with Crippen LogP contribution in [0, 0.1) is 23.2 Å². The average molecular weight is 583 g/mol. The second-order valence-corrected chi connectivity index (χ2v) is 12.1. The summed E-state index contributed by atoms with van der Waals surface area (Å²) in [7, 11) is 0. The van der Waals surface area contributed by atoms with Gasteiger partial charge in [0.05, 0.1) is 11.5 Å². The Kier molecular flexibility index (Phi) is 10.2. The van der Waals surface area contributed by atoms with Crippen molar-refractivity contribution in [2.45, 2.75) is 92.1 Å². The number of ketones is 1. The van der Waals surface area contributed by atoms with Crippen molar-refractivity contribution in [1.29, 1.82) is 0 Å². The topological polar surface area (TPSA) is 122 Å². The summed E-state index contributed by atoms with van der Waals surface area (Å²) in [5.74, 6) is -4.12. The Hall–Kier alpha value is -3.75. The zero-order chi connectivity index (χ0) is 31.4. The van der Waals surface area contributed by atoms with E-state index in [0.717, 1.165) is 0 Å². The molecule has 1 fully saturated rings. The first kappa shape index (κ1) is 32.8. The molecule has 1 saturated carbocycles. The lowest BCUT2D eigenvalue weighted by Gasteiger charge is -2.43. The fourth-order valence-electron chi connectivity index (χ4n) is 6.05. The maximum absolute atomic E-state index is 13.4. The van der Waals surface area contributed by atoms with Gasteiger partial charge in [0.25, 0.3) is 0 Å². The number of allylic oxidation sites excluding steroid dienone is 1. The van der Waals surface area contributed by atoms with E-state index in [2.05, 4.69) is 0 Å². The smallest absolute Gasteiger partial charge is 0.338 e. The first-order valence-corrected chi connectivity index (χ1v) is 14.3. The highest BCUT2D eigenvalue weighted by atomic mass is 16.6. The molecule has 0 saturated heterocycles. The summed E-state index contributed by atoms with van der Waals surface area (Å²) in [6, 6.07) is 8.52. The van der Waals surface area contributed by atoms with Crippen molar-refractivity contribution in [3.05, 3.63) is 59.7 Å². The second kappa shape index (κ2) is 13.0. The molecule has 0 bridgehead atoms. The number of hydrogen-bond acceptors (Lipinski definition) is 9. The molecule has 2 aliphatic carbocycles. The van der Waals surface area contributed by atoms with Gasteiger partial charge in [0.1, 0.15) is 24.1 Å². The summed E-state index contributed by atoms with van der Waals surface area (Å²) in [4.78, 5) is 64.0. The summed E-state index contributed by atoms with van der Waals surface area (Å²) in [6.45, 7) is 12.8. The van der Waals surface area contributed by atoms with Gasteiger partial charge in [-0.15, -0.1) is 0 Å². The zero-order valence-electron chi connectivity index (χ0n) is 25.7. The van der Waals surface area contributed by atoms with E-state index in [1.165, 1.54) is 20.8 Å². The van der Waals surface area contributed by atoms with E-state index in [9.17, 15) is 24.0 Å². The standard InChI is InChI=1S/C33H42O9/c1-19-14-15-32(7,8)28(37)17-27(39-22(4)34)20(2)16-26-29(41-31(38)25-12-10-9-11-13-25)21(3)18-33(26,42-24(6)36)30(19)40-23(5)35/h9-16,19,21,26-27,29-30H,17-18H2,1-8H3/t19-,21-,26-,27+,29-,30+,33-/m0/s1. The number of ether oxygens (including phenoxy) is 4. The van der Waals surface area contributed by atoms with Gasteiger partial charge in [0.2, 0.25) is 0 Å². The molecule has 228 valence electrons. The van der Waals surface area contributed by atoms with Gasteiger partial charge >= 0.3 is 23.9 Å². The van der Waals surface area contributed by atoms with Crippen LogP contribution in [0.2, 0.25) is 0 Å². The third kappa shape index (κ3) is 7.36. The Morgan fingerprint density at radius 3 is 2.07 bits per heavy atom. The summed E-state index contributed by atoms with van der Waals surface area (Å²) in [5.41, 5.74) is -1.51. The van der Waals surface area contributed by atoms with Crippen LogP contribution in [0.1, 0.15) is 78.6 Å². The van der Waals surface area contributed by atoms with Crippen molar-refractivity contribution in [1.82, 2.24) is 0 Å². The van der Waals surface area contributed by atoms with Crippen LogP contribution in [0.5, 0.6) is 0 Å². The van der Waals surface area contributed by atoms with Crippen LogP contribution < -0.4 is 0 Å². The molecule has 0 amide bonds. The quantitative estimate of drug-likeness (QED) is 0.263. The fourth-order valence-corrected chi connectivity index (χ4v) is 6.05. The maximum Gasteiger partial charge on any atom is 0.338 e. The molecule has 3 rings (SSSR count). The zero-order valence-corrected chi connectivity index (χ0v) is 25.7.